The zero-order valence-corrected chi connectivity index (χ0v) is 9.93. The van der Waals surface area contributed by atoms with Gasteiger partial charge >= 0.3 is 0 Å². The van der Waals surface area contributed by atoms with Crippen molar-refractivity contribution in [1.29, 1.82) is 0 Å². The van der Waals surface area contributed by atoms with Crippen LogP contribution in [-0.4, -0.2) is 10.7 Å². The molecule has 1 N–H and O–H groups in total. The van der Waals surface area contributed by atoms with Gasteiger partial charge < -0.3 is 5.11 Å². The van der Waals surface area contributed by atoms with Crippen molar-refractivity contribution in [2.75, 3.05) is 0 Å². The van der Waals surface area contributed by atoms with E-state index < -0.39 is 5.60 Å². The van der Waals surface area contributed by atoms with E-state index in [4.69, 9.17) is 0 Å². The van der Waals surface area contributed by atoms with Gasteiger partial charge in [-0.05, 0) is 25.2 Å². The van der Waals surface area contributed by atoms with Gasteiger partial charge in [0.25, 0.3) is 0 Å². The van der Waals surface area contributed by atoms with Crippen molar-refractivity contribution in [3.05, 3.63) is 0 Å². The molecular formula is C12H26O. The maximum absolute atomic E-state index is 10.2. The molecule has 0 saturated carbocycles. The van der Waals surface area contributed by atoms with E-state index in [-0.39, 0.29) is 0 Å². The standard InChI is InChI=1S/C12H26O/c1-6-8-10(3)9-12(5,13)11(4)7-2/h10-11,13H,6-9H2,1-5H3. The van der Waals surface area contributed by atoms with E-state index in [1.807, 2.05) is 6.92 Å². The van der Waals surface area contributed by atoms with Crippen LogP contribution in [0.3, 0.4) is 0 Å². The Labute approximate surface area is 83.5 Å². The van der Waals surface area contributed by atoms with Crippen molar-refractivity contribution >= 4 is 0 Å². The minimum atomic E-state index is -0.469. The average molecular weight is 186 g/mol. The van der Waals surface area contributed by atoms with Gasteiger partial charge in [-0.2, -0.15) is 0 Å². The molecule has 0 heterocycles. The summed E-state index contributed by atoms with van der Waals surface area (Å²) in [7, 11) is 0. The van der Waals surface area contributed by atoms with Crippen LogP contribution in [-0.2, 0) is 0 Å². The minimum absolute atomic E-state index is 0.409. The maximum atomic E-state index is 10.2. The molecule has 0 bridgehead atoms. The van der Waals surface area contributed by atoms with E-state index in [2.05, 4.69) is 27.7 Å². The third-order valence-electron chi connectivity index (χ3n) is 3.22. The monoisotopic (exact) mass is 186 g/mol. The molecule has 0 saturated heterocycles. The number of rotatable bonds is 6. The van der Waals surface area contributed by atoms with Gasteiger partial charge in [-0.1, -0.05) is 47.0 Å². The van der Waals surface area contributed by atoms with Gasteiger partial charge in [0.15, 0.2) is 0 Å². The molecule has 0 radical (unpaired) electrons. The normalized spacial score (nSPS) is 20.8. The Morgan fingerprint density at radius 3 is 2.15 bits per heavy atom. The second kappa shape index (κ2) is 5.64. The predicted molar refractivity (Wildman–Crippen MR) is 58.8 cm³/mol. The first kappa shape index (κ1) is 13.0. The van der Waals surface area contributed by atoms with E-state index >= 15 is 0 Å². The lowest BCUT2D eigenvalue weighted by Crippen LogP contribution is -2.34. The Morgan fingerprint density at radius 1 is 1.23 bits per heavy atom. The number of hydrogen-bond acceptors (Lipinski definition) is 1. The zero-order valence-electron chi connectivity index (χ0n) is 9.93. The lowest BCUT2D eigenvalue weighted by molar-refractivity contribution is -0.0162. The molecule has 1 heteroatoms. The molecule has 0 aliphatic heterocycles. The minimum Gasteiger partial charge on any atom is -0.390 e. The van der Waals surface area contributed by atoms with Crippen LogP contribution in [0.15, 0.2) is 0 Å². The lowest BCUT2D eigenvalue weighted by Gasteiger charge is -2.32. The lowest BCUT2D eigenvalue weighted by atomic mass is 9.80. The molecule has 0 aliphatic rings. The molecule has 0 rings (SSSR count). The Bertz CT molecular complexity index is 129. The van der Waals surface area contributed by atoms with Crippen molar-refractivity contribution in [2.24, 2.45) is 11.8 Å². The highest BCUT2D eigenvalue weighted by Crippen LogP contribution is 2.28. The average Bonchev–Trinajstić information content (AvgIpc) is 2.02. The summed E-state index contributed by atoms with van der Waals surface area (Å²) in [5.74, 6) is 1.06. The van der Waals surface area contributed by atoms with Gasteiger partial charge in [0.05, 0.1) is 5.60 Å². The van der Waals surface area contributed by atoms with E-state index in [1.165, 1.54) is 12.8 Å². The fourth-order valence-electron chi connectivity index (χ4n) is 1.94. The summed E-state index contributed by atoms with van der Waals surface area (Å²) in [6.07, 6.45) is 4.45. The Kier molecular flexibility index (Phi) is 5.62. The molecule has 0 aromatic rings. The molecule has 0 amide bonds. The van der Waals surface area contributed by atoms with Crippen LogP contribution in [0.1, 0.15) is 60.3 Å². The molecule has 0 aromatic heterocycles. The summed E-state index contributed by atoms with van der Waals surface area (Å²) >= 11 is 0. The van der Waals surface area contributed by atoms with E-state index in [0.29, 0.717) is 11.8 Å². The first-order valence-electron chi connectivity index (χ1n) is 5.66. The van der Waals surface area contributed by atoms with Crippen LogP contribution in [0.25, 0.3) is 0 Å². The second-order valence-corrected chi connectivity index (χ2v) is 4.76. The van der Waals surface area contributed by atoms with Crippen LogP contribution in [0.5, 0.6) is 0 Å². The van der Waals surface area contributed by atoms with Crippen LogP contribution in [0.2, 0.25) is 0 Å². The first-order chi connectivity index (χ1) is 5.94. The van der Waals surface area contributed by atoms with Crippen LogP contribution >= 0.6 is 0 Å². The molecule has 0 fully saturated rings. The molecule has 1 nitrogen and oxygen atoms in total. The van der Waals surface area contributed by atoms with Gasteiger partial charge in [0.1, 0.15) is 0 Å². The molecule has 3 unspecified atom stereocenters. The molecular weight excluding hydrogens is 160 g/mol. The SMILES string of the molecule is CCCC(C)CC(C)(O)C(C)CC. The van der Waals surface area contributed by atoms with Crippen LogP contribution < -0.4 is 0 Å². The number of aliphatic hydroxyl groups is 1. The molecule has 0 spiro atoms. The maximum Gasteiger partial charge on any atom is 0.0647 e. The summed E-state index contributed by atoms with van der Waals surface area (Å²) in [6.45, 7) is 10.7. The van der Waals surface area contributed by atoms with Crippen LogP contribution in [0, 0.1) is 11.8 Å². The van der Waals surface area contributed by atoms with Gasteiger partial charge in [0.2, 0.25) is 0 Å². The second-order valence-electron chi connectivity index (χ2n) is 4.76. The Hall–Kier alpha value is -0.0400. The van der Waals surface area contributed by atoms with E-state index in [1.54, 1.807) is 0 Å². The van der Waals surface area contributed by atoms with Crippen molar-refractivity contribution < 1.29 is 5.11 Å². The van der Waals surface area contributed by atoms with Gasteiger partial charge in [-0.15, -0.1) is 0 Å². The summed E-state index contributed by atoms with van der Waals surface area (Å²) in [5, 5.41) is 10.2. The highest BCUT2D eigenvalue weighted by molar-refractivity contribution is 4.80. The smallest absolute Gasteiger partial charge is 0.0647 e. The van der Waals surface area contributed by atoms with Gasteiger partial charge in [0, 0.05) is 0 Å². The number of hydrogen-bond donors (Lipinski definition) is 1. The molecule has 13 heavy (non-hydrogen) atoms. The van der Waals surface area contributed by atoms with Crippen molar-refractivity contribution in [3.63, 3.8) is 0 Å². The summed E-state index contributed by atoms with van der Waals surface area (Å²) in [6, 6.07) is 0. The molecule has 0 aromatic carbocycles. The molecule has 80 valence electrons. The van der Waals surface area contributed by atoms with E-state index in [9.17, 15) is 5.11 Å². The topological polar surface area (TPSA) is 20.2 Å². The third kappa shape index (κ3) is 4.66. The largest absolute Gasteiger partial charge is 0.390 e. The van der Waals surface area contributed by atoms with E-state index in [0.717, 1.165) is 12.8 Å². The van der Waals surface area contributed by atoms with Gasteiger partial charge in [-0.3, -0.25) is 0 Å². The Morgan fingerprint density at radius 2 is 1.77 bits per heavy atom. The summed E-state index contributed by atoms with van der Waals surface area (Å²) in [4.78, 5) is 0. The fourth-order valence-corrected chi connectivity index (χ4v) is 1.94. The fraction of sp³-hybridized carbons (Fsp3) is 1.00. The predicted octanol–water partition coefficient (Wildman–Crippen LogP) is 3.61. The third-order valence-corrected chi connectivity index (χ3v) is 3.22. The van der Waals surface area contributed by atoms with Crippen LogP contribution in [0.4, 0.5) is 0 Å². The summed E-state index contributed by atoms with van der Waals surface area (Å²) in [5.41, 5.74) is -0.469. The summed E-state index contributed by atoms with van der Waals surface area (Å²) < 4.78 is 0. The molecule has 0 aliphatic carbocycles. The first-order valence-corrected chi connectivity index (χ1v) is 5.66. The van der Waals surface area contributed by atoms with Crippen molar-refractivity contribution in [3.8, 4) is 0 Å². The Balaban J connectivity index is 3.99. The van der Waals surface area contributed by atoms with Crippen molar-refractivity contribution in [2.45, 2.75) is 65.9 Å². The highest BCUT2D eigenvalue weighted by atomic mass is 16.3. The van der Waals surface area contributed by atoms with Gasteiger partial charge in [-0.25, -0.2) is 0 Å². The highest BCUT2D eigenvalue weighted by Gasteiger charge is 2.28. The zero-order chi connectivity index (χ0) is 10.5. The molecule has 3 atom stereocenters. The van der Waals surface area contributed by atoms with Crippen molar-refractivity contribution in [1.82, 2.24) is 0 Å². The quantitative estimate of drug-likeness (QED) is 0.672.